The molecule has 0 spiro atoms. The van der Waals surface area contributed by atoms with Gasteiger partial charge in [-0.2, -0.15) is 4.98 Å². The van der Waals surface area contributed by atoms with Crippen LogP contribution in [0.3, 0.4) is 0 Å². The van der Waals surface area contributed by atoms with Crippen LogP contribution in [0.4, 0.5) is 11.5 Å². The summed E-state index contributed by atoms with van der Waals surface area (Å²) in [7, 11) is 0. The van der Waals surface area contributed by atoms with E-state index in [1.165, 1.54) is 18.6 Å². The Morgan fingerprint density at radius 1 is 1.50 bits per heavy atom. The van der Waals surface area contributed by atoms with Gasteiger partial charge in [-0.05, 0) is 25.2 Å². The summed E-state index contributed by atoms with van der Waals surface area (Å²) in [6.07, 6.45) is 4.52. The summed E-state index contributed by atoms with van der Waals surface area (Å²) in [6, 6.07) is 2.84. The maximum Gasteiger partial charge on any atom is 0.311 e. The Labute approximate surface area is 105 Å². The standard InChI is InChI=1S/C12H17N3O3/c1-8-3-2-4-9(7-8)18-11-6-5-10(15(16)17)12(13)14-11/h5-6,8-9H,2-4,7H2,1H3,(H2,13,14). The molecule has 0 bridgehead atoms. The maximum absolute atomic E-state index is 10.6. The van der Waals surface area contributed by atoms with Gasteiger partial charge in [0.15, 0.2) is 0 Å². The quantitative estimate of drug-likeness (QED) is 0.658. The first-order valence-corrected chi connectivity index (χ1v) is 6.14. The van der Waals surface area contributed by atoms with Crippen molar-refractivity contribution in [2.75, 3.05) is 5.73 Å². The monoisotopic (exact) mass is 251 g/mol. The molecule has 98 valence electrons. The molecule has 1 fully saturated rings. The molecule has 0 radical (unpaired) electrons. The van der Waals surface area contributed by atoms with Crippen LogP contribution in [0.25, 0.3) is 0 Å². The molecule has 2 rings (SSSR count). The van der Waals surface area contributed by atoms with E-state index in [9.17, 15) is 10.1 Å². The second-order valence-electron chi connectivity index (χ2n) is 4.82. The lowest BCUT2D eigenvalue weighted by Crippen LogP contribution is -2.24. The van der Waals surface area contributed by atoms with E-state index in [1.54, 1.807) is 0 Å². The molecule has 2 atom stereocenters. The molecule has 0 aliphatic heterocycles. The van der Waals surface area contributed by atoms with Gasteiger partial charge in [0.2, 0.25) is 11.7 Å². The van der Waals surface area contributed by atoms with E-state index < -0.39 is 4.92 Å². The molecule has 1 heterocycles. The van der Waals surface area contributed by atoms with Crippen molar-refractivity contribution in [2.24, 2.45) is 5.92 Å². The average Bonchev–Trinajstić information content (AvgIpc) is 2.28. The first-order chi connectivity index (χ1) is 8.56. The van der Waals surface area contributed by atoms with Gasteiger partial charge in [-0.1, -0.05) is 13.3 Å². The highest BCUT2D eigenvalue weighted by molar-refractivity contribution is 5.53. The van der Waals surface area contributed by atoms with Gasteiger partial charge < -0.3 is 10.5 Å². The van der Waals surface area contributed by atoms with Crippen molar-refractivity contribution < 1.29 is 9.66 Å². The zero-order valence-corrected chi connectivity index (χ0v) is 10.3. The number of nitrogens with two attached hydrogens (primary N) is 1. The third-order valence-electron chi connectivity index (χ3n) is 3.25. The van der Waals surface area contributed by atoms with Crippen LogP contribution in [-0.2, 0) is 0 Å². The molecule has 6 nitrogen and oxygen atoms in total. The Morgan fingerprint density at radius 3 is 2.89 bits per heavy atom. The topological polar surface area (TPSA) is 91.3 Å². The van der Waals surface area contributed by atoms with E-state index in [1.807, 2.05) is 0 Å². The molecule has 1 aliphatic carbocycles. The molecular formula is C12H17N3O3. The Kier molecular flexibility index (Phi) is 3.64. The number of hydrogen-bond donors (Lipinski definition) is 1. The summed E-state index contributed by atoms with van der Waals surface area (Å²) in [5.41, 5.74) is 5.34. The number of rotatable bonds is 3. The molecule has 1 saturated carbocycles. The molecule has 6 heteroatoms. The average molecular weight is 251 g/mol. The number of nitrogen functional groups attached to an aromatic ring is 1. The third-order valence-corrected chi connectivity index (χ3v) is 3.25. The molecule has 2 N–H and O–H groups in total. The van der Waals surface area contributed by atoms with Crippen LogP contribution in [0.15, 0.2) is 12.1 Å². The minimum atomic E-state index is -0.547. The van der Waals surface area contributed by atoms with E-state index >= 15 is 0 Å². The lowest BCUT2D eigenvalue weighted by molar-refractivity contribution is -0.384. The van der Waals surface area contributed by atoms with Gasteiger partial charge in [-0.25, -0.2) is 0 Å². The fourth-order valence-corrected chi connectivity index (χ4v) is 2.33. The summed E-state index contributed by atoms with van der Waals surface area (Å²) in [6.45, 7) is 2.20. The summed E-state index contributed by atoms with van der Waals surface area (Å²) < 4.78 is 5.73. The Morgan fingerprint density at radius 2 is 2.28 bits per heavy atom. The number of nitrogens with zero attached hydrogens (tertiary/aromatic N) is 2. The van der Waals surface area contributed by atoms with Crippen LogP contribution >= 0.6 is 0 Å². The normalized spacial score (nSPS) is 23.6. The summed E-state index contributed by atoms with van der Waals surface area (Å²) >= 11 is 0. The molecule has 1 aromatic rings. The van der Waals surface area contributed by atoms with E-state index in [4.69, 9.17) is 10.5 Å². The summed E-state index contributed by atoms with van der Waals surface area (Å²) in [4.78, 5) is 14.0. The van der Waals surface area contributed by atoms with Crippen molar-refractivity contribution in [3.8, 4) is 5.88 Å². The minimum Gasteiger partial charge on any atom is -0.474 e. The number of hydrogen-bond acceptors (Lipinski definition) is 5. The number of anilines is 1. The van der Waals surface area contributed by atoms with Gasteiger partial charge in [0.05, 0.1) is 4.92 Å². The van der Waals surface area contributed by atoms with Gasteiger partial charge >= 0.3 is 5.69 Å². The third kappa shape index (κ3) is 2.88. The van der Waals surface area contributed by atoms with Crippen LogP contribution in [0, 0.1) is 16.0 Å². The Hall–Kier alpha value is -1.85. The fraction of sp³-hybridized carbons (Fsp3) is 0.583. The first kappa shape index (κ1) is 12.6. The zero-order chi connectivity index (χ0) is 13.1. The van der Waals surface area contributed by atoms with Crippen LogP contribution in [0.2, 0.25) is 0 Å². The van der Waals surface area contributed by atoms with Crippen LogP contribution in [-0.4, -0.2) is 16.0 Å². The SMILES string of the molecule is CC1CCCC(Oc2ccc([N+](=O)[O-])c(N)n2)C1. The van der Waals surface area contributed by atoms with Crippen molar-refractivity contribution >= 4 is 11.5 Å². The molecular weight excluding hydrogens is 234 g/mol. The zero-order valence-electron chi connectivity index (χ0n) is 10.3. The minimum absolute atomic E-state index is 0.0960. The molecule has 1 aromatic heterocycles. The number of nitro groups is 1. The molecule has 1 aliphatic rings. The smallest absolute Gasteiger partial charge is 0.311 e. The van der Waals surface area contributed by atoms with Crippen molar-refractivity contribution in [3.63, 3.8) is 0 Å². The van der Waals surface area contributed by atoms with Gasteiger partial charge in [-0.3, -0.25) is 10.1 Å². The van der Waals surface area contributed by atoms with Crippen LogP contribution < -0.4 is 10.5 Å². The van der Waals surface area contributed by atoms with Gasteiger partial charge in [-0.15, -0.1) is 0 Å². The Balaban J connectivity index is 2.05. The molecule has 0 amide bonds. The largest absolute Gasteiger partial charge is 0.474 e. The van der Waals surface area contributed by atoms with Crippen molar-refractivity contribution in [2.45, 2.75) is 38.7 Å². The first-order valence-electron chi connectivity index (χ1n) is 6.14. The highest BCUT2D eigenvalue weighted by Gasteiger charge is 2.21. The van der Waals surface area contributed by atoms with Gasteiger partial charge in [0, 0.05) is 12.1 Å². The van der Waals surface area contributed by atoms with E-state index in [-0.39, 0.29) is 17.6 Å². The second kappa shape index (κ2) is 5.20. The summed E-state index contributed by atoms with van der Waals surface area (Å²) in [5, 5.41) is 10.6. The van der Waals surface area contributed by atoms with Crippen molar-refractivity contribution in [1.82, 2.24) is 4.98 Å². The van der Waals surface area contributed by atoms with E-state index in [2.05, 4.69) is 11.9 Å². The maximum atomic E-state index is 10.6. The Bertz CT molecular complexity index is 450. The summed E-state index contributed by atoms with van der Waals surface area (Å²) in [5.74, 6) is 0.928. The molecule has 0 saturated heterocycles. The predicted molar refractivity (Wildman–Crippen MR) is 67.4 cm³/mol. The van der Waals surface area contributed by atoms with Crippen LogP contribution in [0.5, 0.6) is 5.88 Å². The van der Waals surface area contributed by atoms with Gasteiger partial charge in [0.1, 0.15) is 6.10 Å². The molecule has 18 heavy (non-hydrogen) atoms. The lowest BCUT2D eigenvalue weighted by Gasteiger charge is -2.26. The fourth-order valence-electron chi connectivity index (χ4n) is 2.33. The highest BCUT2D eigenvalue weighted by atomic mass is 16.6. The lowest BCUT2D eigenvalue weighted by atomic mass is 9.89. The molecule has 0 aromatic carbocycles. The van der Waals surface area contributed by atoms with Crippen LogP contribution in [0.1, 0.15) is 32.6 Å². The number of ether oxygens (including phenoxy) is 1. The van der Waals surface area contributed by atoms with Crippen molar-refractivity contribution in [3.05, 3.63) is 22.2 Å². The van der Waals surface area contributed by atoms with E-state index in [0.717, 1.165) is 19.3 Å². The second-order valence-corrected chi connectivity index (χ2v) is 4.82. The molecule has 2 unspecified atom stereocenters. The van der Waals surface area contributed by atoms with Crippen molar-refractivity contribution in [1.29, 1.82) is 0 Å². The predicted octanol–water partition coefficient (Wildman–Crippen LogP) is 2.53. The van der Waals surface area contributed by atoms with Gasteiger partial charge in [0.25, 0.3) is 0 Å². The van der Waals surface area contributed by atoms with E-state index in [0.29, 0.717) is 11.8 Å². The highest BCUT2D eigenvalue weighted by Crippen LogP contribution is 2.28. The number of aromatic nitrogens is 1. The number of pyridine rings is 1.